The van der Waals surface area contributed by atoms with Gasteiger partial charge in [0.2, 0.25) is 5.91 Å². The molecule has 1 saturated heterocycles. The fourth-order valence-electron chi connectivity index (χ4n) is 3.22. The monoisotopic (exact) mass is 290 g/mol. The van der Waals surface area contributed by atoms with Crippen LogP contribution in [0.2, 0.25) is 0 Å². The van der Waals surface area contributed by atoms with E-state index >= 15 is 0 Å². The second-order valence-electron chi connectivity index (χ2n) is 6.35. The minimum absolute atomic E-state index is 0.229. The van der Waals surface area contributed by atoms with Gasteiger partial charge in [-0.1, -0.05) is 19.1 Å². The van der Waals surface area contributed by atoms with E-state index in [9.17, 15) is 9.18 Å². The smallest absolute Gasteiger partial charge is 0.230 e. The zero-order chi connectivity index (χ0) is 14.9. The van der Waals surface area contributed by atoms with Crippen LogP contribution >= 0.6 is 0 Å². The molecule has 0 bridgehead atoms. The molecule has 1 N–H and O–H groups in total. The van der Waals surface area contributed by atoms with Crippen molar-refractivity contribution in [1.82, 2.24) is 10.2 Å². The van der Waals surface area contributed by atoms with Crippen molar-refractivity contribution in [3.8, 4) is 0 Å². The summed E-state index contributed by atoms with van der Waals surface area (Å²) in [5, 5.41) is 3.33. The summed E-state index contributed by atoms with van der Waals surface area (Å²) in [4.78, 5) is 15.1. The summed E-state index contributed by atoms with van der Waals surface area (Å²) in [5.74, 6) is 0.0508. The quantitative estimate of drug-likeness (QED) is 0.904. The molecule has 1 aliphatic carbocycles. The molecule has 1 aromatic carbocycles. The summed E-state index contributed by atoms with van der Waals surface area (Å²) >= 11 is 0. The first kappa shape index (κ1) is 14.5. The molecule has 21 heavy (non-hydrogen) atoms. The van der Waals surface area contributed by atoms with Crippen LogP contribution in [-0.4, -0.2) is 29.9 Å². The van der Waals surface area contributed by atoms with Crippen molar-refractivity contribution < 1.29 is 9.18 Å². The van der Waals surface area contributed by atoms with Crippen LogP contribution in [0.5, 0.6) is 0 Å². The Labute approximate surface area is 125 Å². The van der Waals surface area contributed by atoms with E-state index in [0.29, 0.717) is 12.6 Å². The van der Waals surface area contributed by atoms with Crippen LogP contribution in [0.25, 0.3) is 0 Å². The van der Waals surface area contributed by atoms with Crippen LogP contribution in [0, 0.1) is 11.2 Å². The van der Waals surface area contributed by atoms with E-state index in [2.05, 4.69) is 12.2 Å². The van der Waals surface area contributed by atoms with Crippen molar-refractivity contribution in [2.75, 3.05) is 13.1 Å². The van der Waals surface area contributed by atoms with Gasteiger partial charge >= 0.3 is 0 Å². The Balaban J connectivity index is 1.78. The largest absolute Gasteiger partial charge is 0.335 e. The van der Waals surface area contributed by atoms with E-state index in [-0.39, 0.29) is 17.1 Å². The van der Waals surface area contributed by atoms with E-state index in [1.807, 2.05) is 4.90 Å². The highest BCUT2D eigenvalue weighted by Gasteiger charge is 2.45. The van der Waals surface area contributed by atoms with Gasteiger partial charge in [-0.25, -0.2) is 4.39 Å². The van der Waals surface area contributed by atoms with Crippen molar-refractivity contribution in [2.24, 2.45) is 5.41 Å². The minimum atomic E-state index is -0.234. The molecule has 2 aliphatic rings. The van der Waals surface area contributed by atoms with Gasteiger partial charge in [-0.3, -0.25) is 4.79 Å². The SMILES string of the molecule is CCC1(C(=O)N(Cc2ccc(F)cc2)C2CC2)CCNC1. The topological polar surface area (TPSA) is 32.3 Å². The number of nitrogens with one attached hydrogen (secondary N) is 1. The molecule has 0 radical (unpaired) electrons. The van der Waals surface area contributed by atoms with Gasteiger partial charge in [0.1, 0.15) is 5.82 Å². The highest BCUT2D eigenvalue weighted by Crippen LogP contribution is 2.37. The highest BCUT2D eigenvalue weighted by atomic mass is 19.1. The van der Waals surface area contributed by atoms with Crippen LogP contribution in [0.15, 0.2) is 24.3 Å². The number of amides is 1. The highest BCUT2D eigenvalue weighted by molar-refractivity contribution is 5.84. The van der Waals surface area contributed by atoms with Crippen LogP contribution in [0.1, 0.15) is 38.2 Å². The van der Waals surface area contributed by atoms with Crippen LogP contribution in [0.3, 0.4) is 0 Å². The number of nitrogens with zero attached hydrogens (tertiary/aromatic N) is 1. The molecule has 1 aliphatic heterocycles. The summed E-state index contributed by atoms with van der Waals surface area (Å²) in [5.41, 5.74) is 0.775. The lowest BCUT2D eigenvalue weighted by molar-refractivity contribution is -0.142. The van der Waals surface area contributed by atoms with E-state index in [1.54, 1.807) is 12.1 Å². The standard InChI is InChI=1S/C17H23FN2O/c1-2-17(9-10-19-12-17)16(21)20(15-7-8-15)11-13-3-5-14(18)6-4-13/h3-6,15,19H,2,7-12H2,1H3. The summed E-state index contributed by atoms with van der Waals surface area (Å²) in [6.45, 7) is 4.42. The average molecular weight is 290 g/mol. The van der Waals surface area contributed by atoms with E-state index < -0.39 is 0 Å². The van der Waals surface area contributed by atoms with Crippen LogP contribution < -0.4 is 5.32 Å². The molecular formula is C17H23FN2O. The third-order valence-electron chi connectivity index (χ3n) is 4.89. The summed E-state index contributed by atoms with van der Waals surface area (Å²) in [6, 6.07) is 6.88. The molecule has 0 aromatic heterocycles. The summed E-state index contributed by atoms with van der Waals surface area (Å²) < 4.78 is 13.0. The van der Waals surface area contributed by atoms with Gasteiger partial charge in [-0.15, -0.1) is 0 Å². The van der Waals surface area contributed by atoms with Crippen molar-refractivity contribution in [1.29, 1.82) is 0 Å². The fraction of sp³-hybridized carbons (Fsp3) is 0.588. The van der Waals surface area contributed by atoms with E-state index in [0.717, 1.165) is 44.3 Å². The number of carbonyl (C=O) groups excluding carboxylic acids is 1. The Morgan fingerprint density at radius 1 is 1.38 bits per heavy atom. The number of hydrogen-bond acceptors (Lipinski definition) is 2. The van der Waals surface area contributed by atoms with E-state index in [4.69, 9.17) is 0 Å². The lowest BCUT2D eigenvalue weighted by Crippen LogP contribution is -2.45. The molecule has 3 rings (SSSR count). The van der Waals surface area contributed by atoms with Gasteiger partial charge in [0.15, 0.2) is 0 Å². The number of benzene rings is 1. The van der Waals surface area contributed by atoms with Gasteiger partial charge in [-0.2, -0.15) is 0 Å². The first-order valence-electron chi connectivity index (χ1n) is 7.91. The average Bonchev–Trinajstić information content (AvgIpc) is 3.22. The predicted molar refractivity (Wildman–Crippen MR) is 80.2 cm³/mol. The normalized spacial score (nSPS) is 25.0. The van der Waals surface area contributed by atoms with Crippen molar-refractivity contribution in [3.05, 3.63) is 35.6 Å². The maximum atomic E-state index is 13.1. The number of rotatable bonds is 5. The van der Waals surface area contributed by atoms with Gasteiger partial charge < -0.3 is 10.2 Å². The molecule has 1 saturated carbocycles. The lowest BCUT2D eigenvalue weighted by atomic mass is 9.82. The van der Waals surface area contributed by atoms with Gasteiger partial charge in [-0.05, 0) is 49.9 Å². The molecule has 3 nitrogen and oxygen atoms in total. The second kappa shape index (κ2) is 5.76. The Morgan fingerprint density at radius 3 is 2.62 bits per heavy atom. The molecule has 1 unspecified atom stereocenters. The Bertz CT molecular complexity index is 504. The maximum Gasteiger partial charge on any atom is 0.230 e. The van der Waals surface area contributed by atoms with Crippen molar-refractivity contribution in [3.63, 3.8) is 0 Å². The Kier molecular flexibility index (Phi) is 3.98. The van der Waals surface area contributed by atoms with E-state index in [1.165, 1.54) is 12.1 Å². The molecule has 1 aromatic rings. The van der Waals surface area contributed by atoms with Crippen molar-refractivity contribution >= 4 is 5.91 Å². The summed E-state index contributed by atoms with van der Waals surface area (Å²) in [6.07, 6.45) is 4.00. The molecule has 1 heterocycles. The molecule has 2 fully saturated rings. The lowest BCUT2D eigenvalue weighted by Gasteiger charge is -2.33. The Hall–Kier alpha value is -1.42. The number of hydrogen-bond donors (Lipinski definition) is 1. The zero-order valence-corrected chi connectivity index (χ0v) is 12.6. The van der Waals surface area contributed by atoms with Gasteiger partial charge in [0, 0.05) is 19.1 Å². The van der Waals surface area contributed by atoms with Crippen molar-refractivity contribution in [2.45, 2.75) is 45.2 Å². The number of halogens is 1. The molecule has 1 amide bonds. The first-order valence-corrected chi connectivity index (χ1v) is 7.91. The maximum absolute atomic E-state index is 13.1. The molecule has 4 heteroatoms. The van der Waals surface area contributed by atoms with Crippen LogP contribution in [-0.2, 0) is 11.3 Å². The third kappa shape index (κ3) is 2.95. The third-order valence-corrected chi connectivity index (χ3v) is 4.89. The van der Waals surface area contributed by atoms with Crippen LogP contribution in [0.4, 0.5) is 4.39 Å². The van der Waals surface area contributed by atoms with Gasteiger partial charge in [0.25, 0.3) is 0 Å². The fourth-order valence-corrected chi connectivity index (χ4v) is 3.22. The summed E-state index contributed by atoms with van der Waals surface area (Å²) in [7, 11) is 0. The molecular weight excluding hydrogens is 267 g/mol. The predicted octanol–water partition coefficient (Wildman–Crippen LogP) is 2.71. The molecule has 1 atom stereocenters. The van der Waals surface area contributed by atoms with Gasteiger partial charge in [0.05, 0.1) is 5.41 Å². The first-order chi connectivity index (χ1) is 10.1. The zero-order valence-electron chi connectivity index (χ0n) is 12.6. The number of carbonyl (C=O) groups is 1. The molecule has 114 valence electrons. The minimum Gasteiger partial charge on any atom is -0.335 e. The second-order valence-corrected chi connectivity index (χ2v) is 6.35. The Morgan fingerprint density at radius 2 is 2.10 bits per heavy atom. The molecule has 0 spiro atoms.